The van der Waals surface area contributed by atoms with Crippen molar-refractivity contribution in [3.8, 4) is 5.75 Å². The van der Waals surface area contributed by atoms with Gasteiger partial charge in [0.25, 0.3) is 0 Å². The van der Waals surface area contributed by atoms with Gasteiger partial charge in [-0.3, -0.25) is 9.89 Å². The van der Waals surface area contributed by atoms with Gasteiger partial charge in [0.2, 0.25) is 0 Å². The second-order valence-corrected chi connectivity index (χ2v) is 5.73. The van der Waals surface area contributed by atoms with Gasteiger partial charge < -0.3 is 9.84 Å². The molecule has 0 aliphatic carbocycles. The van der Waals surface area contributed by atoms with Crippen molar-refractivity contribution in [1.29, 1.82) is 0 Å². The van der Waals surface area contributed by atoms with Gasteiger partial charge in [-0.1, -0.05) is 64.0 Å². The fraction of sp³-hybridized carbons (Fsp3) is 0.417. The molecule has 2 aromatic rings. The number of methoxy groups -OCH3 is 1. The standard InChI is InChI=1S/C10H16O.C9H8N2O2.C3H8.C2H6/c1-4-9(3)6-7-10(5-2)8-11;1-13-6-2-3-7-8(4-6)10-11-9(7)5-12;1-3-2;1-2/h4-7,11H,8H2,1-3H3;2-5H,1H3,(H,10,11);3H2,1-2H3;1-2H3/b7-6-,9-4-,10-5+;;;. The van der Waals surface area contributed by atoms with E-state index < -0.39 is 0 Å². The molecule has 29 heavy (non-hydrogen) atoms. The van der Waals surface area contributed by atoms with E-state index in [1.807, 2.05) is 58.9 Å². The lowest BCUT2D eigenvalue weighted by Gasteiger charge is -1.96. The third-order valence-electron chi connectivity index (χ3n) is 3.48. The number of aromatic amines is 1. The summed E-state index contributed by atoms with van der Waals surface area (Å²) in [5.41, 5.74) is 3.39. The highest BCUT2D eigenvalue weighted by Gasteiger charge is 2.04. The van der Waals surface area contributed by atoms with Crippen LogP contribution in [0.15, 0.2) is 53.6 Å². The first kappa shape index (κ1) is 28.5. The highest BCUT2D eigenvalue weighted by Crippen LogP contribution is 2.20. The molecule has 2 rings (SSSR count). The summed E-state index contributed by atoms with van der Waals surface area (Å²) in [6, 6.07) is 5.38. The number of nitrogens with zero attached hydrogens (tertiary/aromatic N) is 1. The smallest absolute Gasteiger partial charge is 0.168 e. The first-order chi connectivity index (χ1) is 14.0. The number of aldehydes is 1. The van der Waals surface area contributed by atoms with E-state index in [0.29, 0.717) is 5.69 Å². The first-order valence-electron chi connectivity index (χ1n) is 10.0. The quantitative estimate of drug-likeness (QED) is 0.456. The third-order valence-corrected chi connectivity index (χ3v) is 3.48. The van der Waals surface area contributed by atoms with E-state index >= 15 is 0 Å². The molecule has 0 aliphatic heterocycles. The number of carbonyl (C=O) groups is 1. The van der Waals surface area contributed by atoms with Gasteiger partial charge in [-0.2, -0.15) is 5.10 Å². The molecule has 0 unspecified atom stereocenters. The van der Waals surface area contributed by atoms with Crippen LogP contribution >= 0.6 is 0 Å². The Morgan fingerprint density at radius 3 is 2.24 bits per heavy atom. The number of aromatic nitrogens is 2. The van der Waals surface area contributed by atoms with Crippen molar-refractivity contribution in [2.75, 3.05) is 13.7 Å². The van der Waals surface area contributed by atoms with E-state index in [2.05, 4.69) is 24.0 Å². The summed E-state index contributed by atoms with van der Waals surface area (Å²) in [7, 11) is 1.59. The first-order valence-corrected chi connectivity index (χ1v) is 10.0. The molecule has 0 saturated heterocycles. The molecule has 1 aromatic heterocycles. The minimum absolute atomic E-state index is 0.115. The molecule has 0 atom stereocenters. The third kappa shape index (κ3) is 11.7. The minimum atomic E-state index is 0.115. The Labute approximate surface area is 176 Å². The maximum Gasteiger partial charge on any atom is 0.168 e. The van der Waals surface area contributed by atoms with Crippen LogP contribution in [-0.2, 0) is 0 Å². The molecular weight excluding hydrogens is 364 g/mol. The lowest BCUT2D eigenvalue weighted by molar-refractivity contribution is 0.112. The Balaban J connectivity index is 0. The number of rotatable bonds is 5. The number of aliphatic hydroxyl groups excluding tert-OH is 1. The summed E-state index contributed by atoms with van der Waals surface area (Å²) in [6.45, 7) is 14.3. The summed E-state index contributed by atoms with van der Waals surface area (Å²) in [5.74, 6) is 0.733. The van der Waals surface area contributed by atoms with Crippen LogP contribution in [0.25, 0.3) is 10.9 Å². The van der Waals surface area contributed by atoms with E-state index in [1.54, 1.807) is 25.3 Å². The van der Waals surface area contributed by atoms with Crippen LogP contribution < -0.4 is 4.74 Å². The van der Waals surface area contributed by atoms with Crippen LogP contribution in [-0.4, -0.2) is 35.3 Å². The van der Waals surface area contributed by atoms with Crippen LogP contribution in [0, 0.1) is 0 Å². The molecule has 0 saturated carbocycles. The number of fused-ring (bicyclic) bond motifs is 1. The van der Waals surface area contributed by atoms with E-state index in [0.717, 1.165) is 28.5 Å². The van der Waals surface area contributed by atoms with Crippen molar-refractivity contribution in [3.05, 3.63) is 59.3 Å². The normalized spacial score (nSPS) is 10.9. The zero-order valence-electron chi connectivity index (χ0n) is 19.2. The average Bonchev–Trinajstić information content (AvgIpc) is 3.18. The zero-order valence-corrected chi connectivity index (χ0v) is 19.2. The van der Waals surface area contributed by atoms with Gasteiger partial charge >= 0.3 is 0 Å². The molecule has 162 valence electrons. The molecule has 0 fully saturated rings. The molecule has 1 aromatic carbocycles. The monoisotopic (exact) mass is 402 g/mol. The molecule has 2 N–H and O–H groups in total. The van der Waals surface area contributed by atoms with Crippen LogP contribution in [0.3, 0.4) is 0 Å². The predicted molar refractivity (Wildman–Crippen MR) is 125 cm³/mol. The fourth-order valence-electron chi connectivity index (χ4n) is 1.80. The fourth-order valence-corrected chi connectivity index (χ4v) is 1.80. The molecule has 0 amide bonds. The van der Waals surface area contributed by atoms with Crippen LogP contribution in [0.2, 0.25) is 0 Å². The number of H-pyrrole nitrogens is 1. The Kier molecular flexibility index (Phi) is 18.4. The topological polar surface area (TPSA) is 75.2 Å². The number of carbonyl (C=O) groups excluding carboxylic acids is 1. The lowest BCUT2D eigenvalue weighted by atomic mass is 10.2. The van der Waals surface area contributed by atoms with Crippen molar-refractivity contribution < 1.29 is 14.6 Å². The summed E-state index contributed by atoms with van der Waals surface area (Å²) in [6.07, 6.45) is 9.85. The van der Waals surface area contributed by atoms with Gasteiger partial charge in [-0.05, 0) is 38.5 Å². The summed E-state index contributed by atoms with van der Waals surface area (Å²) in [4.78, 5) is 10.5. The average molecular weight is 403 g/mol. The lowest BCUT2D eigenvalue weighted by Crippen LogP contribution is -1.84. The molecule has 0 radical (unpaired) electrons. The van der Waals surface area contributed by atoms with Crippen LogP contribution in [0.4, 0.5) is 0 Å². The predicted octanol–water partition coefficient (Wildman–Crippen LogP) is 6.27. The molecule has 0 spiro atoms. The Hall–Kier alpha value is -2.66. The molecule has 1 heterocycles. The second-order valence-electron chi connectivity index (χ2n) is 5.73. The largest absolute Gasteiger partial charge is 0.497 e. The molecule has 5 heteroatoms. The van der Waals surface area contributed by atoms with Crippen molar-refractivity contribution in [2.45, 2.75) is 54.9 Å². The SMILES string of the molecule is CC.CCC.COc1ccc2c(C=O)[nH]nc2c1.C\C=C(C)/C=C\C(=C/C)CO. The van der Waals surface area contributed by atoms with Gasteiger partial charge in [0.15, 0.2) is 6.29 Å². The maximum absolute atomic E-state index is 10.5. The van der Waals surface area contributed by atoms with E-state index in [1.165, 1.54) is 12.0 Å². The number of nitrogens with one attached hydrogen (secondary N) is 1. The van der Waals surface area contributed by atoms with E-state index in [9.17, 15) is 4.79 Å². The minimum Gasteiger partial charge on any atom is -0.497 e. The number of allylic oxidation sites excluding steroid dienone is 4. The van der Waals surface area contributed by atoms with Crippen molar-refractivity contribution >= 4 is 17.2 Å². The van der Waals surface area contributed by atoms with Gasteiger partial charge in [-0.15, -0.1) is 0 Å². The zero-order chi connectivity index (χ0) is 22.7. The second kappa shape index (κ2) is 18.7. The van der Waals surface area contributed by atoms with Crippen LogP contribution in [0.5, 0.6) is 5.75 Å². The summed E-state index contributed by atoms with van der Waals surface area (Å²) < 4.78 is 5.02. The van der Waals surface area contributed by atoms with Gasteiger partial charge in [-0.25, -0.2) is 0 Å². The molecule has 5 nitrogen and oxygen atoms in total. The molecular formula is C24H38N2O3. The molecule has 0 bridgehead atoms. The number of ether oxygens (including phenoxy) is 1. The van der Waals surface area contributed by atoms with Gasteiger partial charge in [0.05, 0.1) is 19.2 Å². The van der Waals surface area contributed by atoms with Crippen molar-refractivity contribution in [3.63, 3.8) is 0 Å². The molecule has 0 aliphatic rings. The van der Waals surface area contributed by atoms with Crippen LogP contribution in [0.1, 0.15) is 65.4 Å². The van der Waals surface area contributed by atoms with E-state index in [-0.39, 0.29) is 6.61 Å². The van der Waals surface area contributed by atoms with Gasteiger partial charge in [0.1, 0.15) is 11.4 Å². The highest BCUT2D eigenvalue weighted by atomic mass is 16.5. The summed E-state index contributed by atoms with van der Waals surface area (Å²) in [5, 5.41) is 16.2. The number of aliphatic hydroxyl groups is 1. The van der Waals surface area contributed by atoms with Gasteiger partial charge in [0, 0.05) is 11.5 Å². The maximum atomic E-state index is 10.5. The Morgan fingerprint density at radius 1 is 1.17 bits per heavy atom. The Morgan fingerprint density at radius 2 is 1.79 bits per heavy atom. The van der Waals surface area contributed by atoms with Crippen molar-refractivity contribution in [1.82, 2.24) is 10.2 Å². The Bertz CT molecular complexity index is 772. The van der Waals surface area contributed by atoms with E-state index in [4.69, 9.17) is 9.84 Å². The summed E-state index contributed by atoms with van der Waals surface area (Å²) >= 11 is 0. The number of benzene rings is 1. The number of hydrogen-bond acceptors (Lipinski definition) is 4. The highest BCUT2D eigenvalue weighted by molar-refractivity contribution is 5.95. The van der Waals surface area contributed by atoms with Crippen molar-refractivity contribution in [2.24, 2.45) is 0 Å². The number of hydrogen-bond donors (Lipinski definition) is 2.